The quantitative estimate of drug-likeness (QED) is 0.611. The molecule has 2 unspecified atom stereocenters. The predicted molar refractivity (Wildman–Crippen MR) is 53.3 cm³/mol. The molecule has 0 aromatic rings. The van der Waals surface area contributed by atoms with Crippen LogP contribution in [0, 0.1) is 0 Å². The number of carbonyl (C=O) groups excluding carboxylic acids is 1. The van der Waals surface area contributed by atoms with Gasteiger partial charge in [0.1, 0.15) is 0 Å². The topological polar surface area (TPSA) is 49.3 Å². The summed E-state index contributed by atoms with van der Waals surface area (Å²) in [5.74, 6) is -0.00440. The van der Waals surface area contributed by atoms with E-state index in [9.17, 15) is 4.79 Å². The zero-order valence-corrected chi connectivity index (χ0v) is 8.42. The van der Waals surface area contributed by atoms with Gasteiger partial charge in [0.25, 0.3) is 0 Å². The van der Waals surface area contributed by atoms with Crippen LogP contribution >= 0.6 is 0 Å². The molecule has 2 atom stereocenters. The van der Waals surface area contributed by atoms with Gasteiger partial charge >= 0.3 is 0 Å². The summed E-state index contributed by atoms with van der Waals surface area (Å²) in [4.78, 5) is 11.2. The van der Waals surface area contributed by atoms with Gasteiger partial charge in [-0.05, 0) is 26.7 Å². The second kappa shape index (κ2) is 6.66. The molecule has 0 spiro atoms. The van der Waals surface area contributed by atoms with Crippen molar-refractivity contribution in [3.8, 4) is 0 Å². The normalized spacial score (nSPS) is 14.7. The van der Waals surface area contributed by atoms with Gasteiger partial charge in [0.05, 0.1) is 6.10 Å². The highest BCUT2D eigenvalue weighted by Gasteiger charge is 2.06. The fourth-order valence-electron chi connectivity index (χ4n) is 0.996. The summed E-state index contributed by atoms with van der Waals surface area (Å²) in [6.07, 6.45) is 3.06. The third-order valence-electron chi connectivity index (χ3n) is 1.72. The van der Waals surface area contributed by atoms with Gasteiger partial charge in [0.2, 0.25) is 5.91 Å². The predicted octanol–water partition coefficient (Wildman–Crippen LogP) is 1.23. The van der Waals surface area contributed by atoms with Gasteiger partial charge < -0.3 is 10.4 Å². The lowest BCUT2D eigenvalue weighted by atomic mass is 10.2. The molecule has 0 heterocycles. The Morgan fingerprint density at radius 2 is 2.23 bits per heavy atom. The van der Waals surface area contributed by atoms with Crippen LogP contribution in [0.3, 0.4) is 0 Å². The molecule has 1 amide bonds. The van der Waals surface area contributed by atoms with Gasteiger partial charge in [-0.25, -0.2) is 0 Å². The number of nitrogens with one attached hydrogen (secondary N) is 1. The molecule has 76 valence electrons. The highest BCUT2D eigenvalue weighted by atomic mass is 16.3. The molecule has 3 heteroatoms. The Morgan fingerprint density at radius 1 is 1.62 bits per heavy atom. The third kappa shape index (κ3) is 7.53. The van der Waals surface area contributed by atoms with Crippen LogP contribution in [0.15, 0.2) is 12.7 Å². The fourth-order valence-corrected chi connectivity index (χ4v) is 0.996. The fraction of sp³-hybridized carbons (Fsp3) is 0.700. The Morgan fingerprint density at radius 3 is 2.69 bits per heavy atom. The first-order valence-electron chi connectivity index (χ1n) is 4.64. The highest BCUT2D eigenvalue weighted by Crippen LogP contribution is 1.97. The van der Waals surface area contributed by atoms with Crippen molar-refractivity contribution in [2.45, 2.75) is 45.3 Å². The zero-order valence-electron chi connectivity index (χ0n) is 8.42. The zero-order chi connectivity index (χ0) is 10.3. The van der Waals surface area contributed by atoms with Crippen LogP contribution in [0.25, 0.3) is 0 Å². The van der Waals surface area contributed by atoms with Gasteiger partial charge in [-0.15, -0.1) is 6.58 Å². The monoisotopic (exact) mass is 185 g/mol. The lowest BCUT2D eigenvalue weighted by Gasteiger charge is -2.11. The molecule has 0 fully saturated rings. The number of rotatable bonds is 6. The minimum absolute atomic E-state index is 0.00440. The molecule has 0 aliphatic heterocycles. The van der Waals surface area contributed by atoms with Gasteiger partial charge in [-0.2, -0.15) is 0 Å². The minimum atomic E-state index is -0.402. The Hall–Kier alpha value is -0.830. The Labute approximate surface area is 79.8 Å². The lowest BCUT2D eigenvalue weighted by molar-refractivity contribution is -0.122. The summed E-state index contributed by atoms with van der Waals surface area (Å²) >= 11 is 0. The SMILES string of the molecule is C=CCC(C)NC(=O)CCC(C)O. The standard InChI is InChI=1S/C10H19NO2/c1-4-5-8(2)11-10(13)7-6-9(3)12/h4,8-9,12H,1,5-7H2,2-3H3,(H,11,13). The number of amides is 1. The maximum absolute atomic E-state index is 11.2. The van der Waals surface area contributed by atoms with Gasteiger partial charge in [0, 0.05) is 12.5 Å². The Balaban J connectivity index is 3.55. The summed E-state index contributed by atoms with van der Waals surface area (Å²) in [6, 6.07) is 0.138. The summed E-state index contributed by atoms with van der Waals surface area (Å²) in [5.41, 5.74) is 0. The van der Waals surface area contributed by atoms with E-state index in [4.69, 9.17) is 5.11 Å². The van der Waals surface area contributed by atoms with E-state index in [2.05, 4.69) is 11.9 Å². The molecular weight excluding hydrogens is 166 g/mol. The smallest absolute Gasteiger partial charge is 0.220 e. The van der Waals surface area contributed by atoms with Crippen molar-refractivity contribution < 1.29 is 9.90 Å². The molecule has 3 nitrogen and oxygen atoms in total. The van der Waals surface area contributed by atoms with Crippen LogP contribution in [-0.4, -0.2) is 23.2 Å². The average Bonchev–Trinajstić information content (AvgIpc) is 2.01. The van der Waals surface area contributed by atoms with Gasteiger partial charge in [0.15, 0.2) is 0 Å². The van der Waals surface area contributed by atoms with E-state index >= 15 is 0 Å². The first-order valence-corrected chi connectivity index (χ1v) is 4.64. The highest BCUT2D eigenvalue weighted by molar-refractivity contribution is 5.76. The molecule has 2 N–H and O–H groups in total. The van der Waals surface area contributed by atoms with Crippen LogP contribution in [-0.2, 0) is 4.79 Å². The number of aliphatic hydroxyl groups excluding tert-OH is 1. The summed E-state index contributed by atoms with van der Waals surface area (Å²) in [6.45, 7) is 7.20. The second-order valence-electron chi connectivity index (χ2n) is 3.38. The number of hydrogen-bond donors (Lipinski definition) is 2. The first kappa shape index (κ1) is 12.2. The number of carbonyl (C=O) groups is 1. The van der Waals surface area contributed by atoms with Crippen LogP contribution in [0.5, 0.6) is 0 Å². The number of hydrogen-bond acceptors (Lipinski definition) is 2. The molecule has 0 saturated carbocycles. The van der Waals surface area contributed by atoms with E-state index in [1.165, 1.54) is 0 Å². The van der Waals surface area contributed by atoms with Crippen LogP contribution in [0.1, 0.15) is 33.1 Å². The van der Waals surface area contributed by atoms with Gasteiger partial charge in [-0.1, -0.05) is 6.08 Å². The molecule has 0 aliphatic rings. The van der Waals surface area contributed by atoms with Crippen LogP contribution < -0.4 is 5.32 Å². The minimum Gasteiger partial charge on any atom is -0.393 e. The van der Waals surface area contributed by atoms with Crippen molar-refractivity contribution in [2.24, 2.45) is 0 Å². The van der Waals surface area contributed by atoms with E-state index in [1.54, 1.807) is 13.0 Å². The van der Waals surface area contributed by atoms with E-state index in [0.29, 0.717) is 12.8 Å². The maximum atomic E-state index is 11.2. The van der Waals surface area contributed by atoms with Gasteiger partial charge in [-0.3, -0.25) is 4.79 Å². The Kier molecular flexibility index (Phi) is 6.24. The van der Waals surface area contributed by atoms with Crippen molar-refractivity contribution in [1.82, 2.24) is 5.32 Å². The molecule has 0 rings (SSSR count). The van der Waals surface area contributed by atoms with Crippen molar-refractivity contribution in [3.05, 3.63) is 12.7 Å². The summed E-state index contributed by atoms with van der Waals surface area (Å²) in [7, 11) is 0. The molecule has 0 saturated heterocycles. The van der Waals surface area contributed by atoms with E-state index < -0.39 is 6.10 Å². The molecule has 0 aromatic carbocycles. The van der Waals surface area contributed by atoms with Crippen molar-refractivity contribution in [3.63, 3.8) is 0 Å². The van der Waals surface area contributed by atoms with Crippen molar-refractivity contribution in [1.29, 1.82) is 0 Å². The molecular formula is C10H19NO2. The molecule has 13 heavy (non-hydrogen) atoms. The van der Waals surface area contributed by atoms with Crippen molar-refractivity contribution in [2.75, 3.05) is 0 Å². The molecule has 0 radical (unpaired) electrons. The van der Waals surface area contributed by atoms with E-state index in [0.717, 1.165) is 6.42 Å². The Bertz CT molecular complexity index is 166. The average molecular weight is 185 g/mol. The summed E-state index contributed by atoms with van der Waals surface area (Å²) in [5, 5.41) is 11.8. The van der Waals surface area contributed by atoms with E-state index in [1.807, 2.05) is 6.92 Å². The molecule has 0 aliphatic carbocycles. The third-order valence-corrected chi connectivity index (χ3v) is 1.72. The van der Waals surface area contributed by atoms with Crippen LogP contribution in [0.2, 0.25) is 0 Å². The lowest BCUT2D eigenvalue weighted by Crippen LogP contribution is -2.32. The van der Waals surface area contributed by atoms with Crippen molar-refractivity contribution >= 4 is 5.91 Å². The summed E-state index contributed by atoms with van der Waals surface area (Å²) < 4.78 is 0. The largest absolute Gasteiger partial charge is 0.393 e. The van der Waals surface area contributed by atoms with E-state index in [-0.39, 0.29) is 11.9 Å². The molecule has 0 aromatic heterocycles. The molecule has 0 bridgehead atoms. The number of aliphatic hydroxyl groups is 1. The van der Waals surface area contributed by atoms with Crippen LogP contribution in [0.4, 0.5) is 0 Å². The maximum Gasteiger partial charge on any atom is 0.220 e. The second-order valence-corrected chi connectivity index (χ2v) is 3.38. The first-order chi connectivity index (χ1) is 6.06.